The van der Waals surface area contributed by atoms with Crippen molar-refractivity contribution in [2.24, 2.45) is 0 Å². The van der Waals surface area contributed by atoms with Gasteiger partial charge in [0, 0.05) is 32.7 Å². The molecule has 2 saturated heterocycles. The lowest BCUT2D eigenvalue weighted by atomic mass is 10.0. The number of nitrogens with zero attached hydrogens (tertiary/aromatic N) is 2. The molecule has 0 bridgehead atoms. The van der Waals surface area contributed by atoms with Gasteiger partial charge in [-0.25, -0.2) is 0 Å². The standard InChI is InChI=1S/C11H18F3N3O/c12-11(13,14)8-17-5-1-2-9(10(17)18)16-6-3-15-4-7-16/h9,15H,1-8H2/t9-/m0/s1. The van der Waals surface area contributed by atoms with E-state index in [1.54, 1.807) is 0 Å². The maximum Gasteiger partial charge on any atom is 0.406 e. The van der Waals surface area contributed by atoms with Crippen LogP contribution in [0.5, 0.6) is 0 Å². The molecule has 0 aromatic heterocycles. The van der Waals surface area contributed by atoms with Crippen LogP contribution in [0.4, 0.5) is 13.2 Å². The van der Waals surface area contributed by atoms with Crippen molar-refractivity contribution in [3.63, 3.8) is 0 Å². The Bertz CT molecular complexity index is 302. The normalized spacial score (nSPS) is 27.6. The number of amides is 1. The quantitative estimate of drug-likeness (QED) is 0.787. The van der Waals surface area contributed by atoms with Crippen LogP contribution in [0.1, 0.15) is 12.8 Å². The smallest absolute Gasteiger partial charge is 0.332 e. The van der Waals surface area contributed by atoms with E-state index in [2.05, 4.69) is 5.32 Å². The van der Waals surface area contributed by atoms with Gasteiger partial charge in [-0.3, -0.25) is 9.69 Å². The van der Waals surface area contributed by atoms with Gasteiger partial charge in [0.1, 0.15) is 6.54 Å². The summed E-state index contributed by atoms with van der Waals surface area (Å²) in [5, 5.41) is 3.17. The topological polar surface area (TPSA) is 35.6 Å². The molecule has 1 amide bonds. The van der Waals surface area contributed by atoms with Crippen molar-refractivity contribution in [2.45, 2.75) is 25.1 Å². The van der Waals surface area contributed by atoms with Crippen LogP contribution in [0.25, 0.3) is 0 Å². The van der Waals surface area contributed by atoms with Gasteiger partial charge in [0.05, 0.1) is 6.04 Å². The first-order chi connectivity index (χ1) is 8.47. The minimum absolute atomic E-state index is 0.223. The first-order valence-corrected chi connectivity index (χ1v) is 6.28. The highest BCUT2D eigenvalue weighted by Crippen LogP contribution is 2.23. The number of alkyl halides is 3. The lowest BCUT2D eigenvalue weighted by molar-refractivity contribution is -0.167. The Kier molecular flexibility index (Phi) is 4.11. The van der Waals surface area contributed by atoms with Crippen molar-refractivity contribution in [3.05, 3.63) is 0 Å². The molecule has 0 saturated carbocycles. The van der Waals surface area contributed by atoms with Crippen LogP contribution >= 0.6 is 0 Å². The van der Waals surface area contributed by atoms with Crippen molar-refractivity contribution < 1.29 is 18.0 Å². The summed E-state index contributed by atoms with van der Waals surface area (Å²) in [7, 11) is 0. The van der Waals surface area contributed by atoms with Gasteiger partial charge in [0.25, 0.3) is 0 Å². The Hall–Kier alpha value is -0.820. The number of likely N-dealkylation sites (tertiary alicyclic amines) is 1. The summed E-state index contributed by atoms with van der Waals surface area (Å²) in [6, 6.07) is -0.358. The summed E-state index contributed by atoms with van der Waals surface area (Å²) < 4.78 is 37.1. The van der Waals surface area contributed by atoms with E-state index in [4.69, 9.17) is 0 Å². The molecule has 0 aromatic rings. The zero-order valence-electron chi connectivity index (χ0n) is 10.2. The highest BCUT2D eigenvalue weighted by Gasteiger charge is 2.39. The summed E-state index contributed by atoms with van der Waals surface area (Å²) in [6.45, 7) is 2.16. The Morgan fingerprint density at radius 3 is 2.50 bits per heavy atom. The van der Waals surface area contributed by atoms with Gasteiger partial charge in [0.15, 0.2) is 0 Å². The number of piperidine rings is 1. The van der Waals surface area contributed by atoms with Gasteiger partial charge in [0.2, 0.25) is 5.91 Å². The molecule has 104 valence electrons. The number of carbonyl (C=O) groups is 1. The van der Waals surface area contributed by atoms with Crippen molar-refractivity contribution in [3.8, 4) is 0 Å². The fourth-order valence-electron chi connectivity index (χ4n) is 2.63. The molecule has 2 aliphatic heterocycles. The SMILES string of the molecule is O=C1[C@@H](N2CCNCC2)CCCN1CC(F)(F)F. The molecular weight excluding hydrogens is 247 g/mol. The van der Waals surface area contributed by atoms with E-state index in [1.165, 1.54) is 0 Å². The summed E-state index contributed by atoms with van der Waals surface area (Å²) >= 11 is 0. The molecule has 2 fully saturated rings. The highest BCUT2D eigenvalue weighted by atomic mass is 19.4. The number of piperazine rings is 1. The average molecular weight is 265 g/mol. The molecule has 0 radical (unpaired) electrons. The summed E-state index contributed by atoms with van der Waals surface area (Å²) in [5.41, 5.74) is 0. The van der Waals surface area contributed by atoms with E-state index in [0.717, 1.165) is 31.1 Å². The minimum Gasteiger partial charge on any atom is -0.332 e. The van der Waals surface area contributed by atoms with Gasteiger partial charge in [-0.1, -0.05) is 0 Å². The van der Waals surface area contributed by atoms with Crippen LogP contribution in [-0.4, -0.2) is 67.2 Å². The largest absolute Gasteiger partial charge is 0.406 e. The molecular formula is C11H18F3N3O. The fraction of sp³-hybridized carbons (Fsp3) is 0.909. The Morgan fingerprint density at radius 1 is 1.22 bits per heavy atom. The van der Waals surface area contributed by atoms with Crippen LogP contribution < -0.4 is 5.32 Å². The number of hydrogen-bond donors (Lipinski definition) is 1. The van der Waals surface area contributed by atoms with Gasteiger partial charge >= 0.3 is 6.18 Å². The molecule has 2 rings (SSSR count). The van der Waals surface area contributed by atoms with Gasteiger partial charge in [-0.05, 0) is 12.8 Å². The summed E-state index contributed by atoms with van der Waals surface area (Å²) in [6.07, 6.45) is -2.98. The van der Waals surface area contributed by atoms with Crippen molar-refractivity contribution in [2.75, 3.05) is 39.3 Å². The molecule has 18 heavy (non-hydrogen) atoms. The van der Waals surface area contributed by atoms with Crippen LogP contribution in [0.3, 0.4) is 0 Å². The van der Waals surface area contributed by atoms with Gasteiger partial charge < -0.3 is 10.2 Å². The first-order valence-electron chi connectivity index (χ1n) is 6.28. The Morgan fingerprint density at radius 2 is 1.89 bits per heavy atom. The lowest BCUT2D eigenvalue weighted by Gasteiger charge is -2.40. The molecule has 0 unspecified atom stereocenters. The second-order valence-corrected chi connectivity index (χ2v) is 4.82. The Labute approximate surface area is 104 Å². The molecule has 1 atom stereocenters. The molecule has 4 nitrogen and oxygen atoms in total. The summed E-state index contributed by atoms with van der Waals surface area (Å²) in [4.78, 5) is 15.0. The monoisotopic (exact) mass is 265 g/mol. The van der Waals surface area contributed by atoms with E-state index in [0.29, 0.717) is 12.8 Å². The third-order valence-electron chi connectivity index (χ3n) is 3.46. The number of rotatable bonds is 2. The van der Waals surface area contributed by atoms with Crippen LogP contribution in [0, 0.1) is 0 Å². The third kappa shape index (κ3) is 3.35. The lowest BCUT2D eigenvalue weighted by Crippen LogP contribution is -2.58. The predicted molar refractivity (Wildman–Crippen MR) is 60.1 cm³/mol. The van der Waals surface area contributed by atoms with E-state index < -0.39 is 12.7 Å². The zero-order valence-corrected chi connectivity index (χ0v) is 10.2. The van der Waals surface area contributed by atoms with Crippen molar-refractivity contribution >= 4 is 5.91 Å². The van der Waals surface area contributed by atoms with E-state index in [-0.39, 0.29) is 18.5 Å². The Balaban J connectivity index is 1.97. The predicted octanol–water partition coefficient (Wildman–Crippen LogP) is 0.445. The number of halogens is 3. The molecule has 0 aliphatic carbocycles. The average Bonchev–Trinajstić information content (AvgIpc) is 2.31. The van der Waals surface area contributed by atoms with Crippen LogP contribution in [0.15, 0.2) is 0 Å². The third-order valence-corrected chi connectivity index (χ3v) is 3.46. The van der Waals surface area contributed by atoms with E-state index >= 15 is 0 Å². The van der Waals surface area contributed by atoms with Crippen molar-refractivity contribution in [1.29, 1.82) is 0 Å². The minimum atomic E-state index is -4.30. The molecule has 7 heteroatoms. The number of carbonyl (C=O) groups excluding carboxylic acids is 1. The highest BCUT2D eigenvalue weighted by molar-refractivity contribution is 5.82. The first kappa shape index (κ1) is 13.6. The molecule has 2 heterocycles. The second-order valence-electron chi connectivity index (χ2n) is 4.82. The van der Waals surface area contributed by atoms with Crippen LogP contribution in [-0.2, 0) is 4.79 Å². The molecule has 0 aromatic carbocycles. The van der Waals surface area contributed by atoms with E-state index in [9.17, 15) is 18.0 Å². The fourth-order valence-corrected chi connectivity index (χ4v) is 2.63. The summed E-state index contributed by atoms with van der Waals surface area (Å²) in [5.74, 6) is -0.361. The second kappa shape index (κ2) is 5.44. The van der Waals surface area contributed by atoms with Crippen molar-refractivity contribution in [1.82, 2.24) is 15.1 Å². The maximum atomic E-state index is 12.4. The number of nitrogens with one attached hydrogen (secondary N) is 1. The maximum absolute atomic E-state index is 12.4. The zero-order chi connectivity index (χ0) is 13.2. The molecule has 2 aliphatic rings. The van der Waals surface area contributed by atoms with Gasteiger partial charge in [-0.2, -0.15) is 13.2 Å². The van der Waals surface area contributed by atoms with Crippen LogP contribution in [0.2, 0.25) is 0 Å². The molecule has 0 spiro atoms. The van der Waals surface area contributed by atoms with E-state index in [1.807, 2.05) is 4.90 Å². The molecule has 1 N–H and O–H groups in total. The van der Waals surface area contributed by atoms with Gasteiger partial charge in [-0.15, -0.1) is 0 Å². The number of hydrogen-bond acceptors (Lipinski definition) is 3.